The van der Waals surface area contributed by atoms with Crippen LogP contribution in [0, 0.1) is 6.92 Å². The van der Waals surface area contributed by atoms with Gasteiger partial charge in [0.05, 0.1) is 26.3 Å². The summed E-state index contributed by atoms with van der Waals surface area (Å²) in [7, 11) is 1.81. The Bertz CT molecular complexity index is 643. The number of hydrogen-bond donors (Lipinski definition) is 0. The molecular weight excluding hydrogens is 280 g/mol. The van der Waals surface area contributed by atoms with Crippen LogP contribution >= 0.6 is 34.8 Å². The monoisotopic (exact) mass is 289 g/mol. The van der Waals surface area contributed by atoms with E-state index in [1.54, 1.807) is 10.6 Å². The molecule has 1 aromatic heterocycles. The molecule has 0 bridgehead atoms. The Balaban J connectivity index is 3.03. The first kappa shape index (κ1) is 12.7. The second-order valence-electron chi connectivity index (χ2n) is 3.97. The number of hydrogen-bond acceptors (Lipinski definition) is 1. The van der Waals surface area contributed by atoms with Crippen molar-refractivity contribution in [2.45, 2.75) is 13.8 Å². The van der Waals surface area contributed by atoms with Gasteiger partial charge >= 0.3 is 0 Å². The summed E-state index contributed by atoms with van der Waals surface area (Å²) in [6.45, 7) is 3.38. The number of Topliss-reactive ketones (excluding diaryl/α,β-unsaturated/α-hetero) is 1. The molecule has 0 aliphatic heterocycles. The Hall–Kier alpha value is -0.700. The molecule has 90 valence electrons. The van der Waals surface area contributed by atoms with E-state index in [4.69, 9.17) is 34.8 Å². The molecular formula is C12H10Cl3NO. The number of aromatic nitrogens is 1. The fourth-order valence-corrected chi connectivity index (χ4v) is 2.93. The summed E-state index contributed by atoms with van der Waals surface area (Å²) in [5.74, 6) is -0.00971. The van der Waals surface area contributed by atoms with Crippen molar-refractivity contribution in [3.63, 3.8) is 0 Å². The molecule has 2 nitrogen and oxygen atoms in total. The van der Waals surface area contributed by atoms with Gasteiger partial charge < -0.3 is 4.57 Å². The van der Waals surface area contributed by atoms with Crippen LogP contribution in [0.2, 0.25) is 15.1 Å². The summed E-state index contributed by atoms with van der Waals surface area (Å²) < 4.78 is 1.79. The molecule has 1 heterocycles. The van der Waals surface area contributed by atoms with Gasteiger partial charge in [-0.15, -0.1) is 0 Å². The lowest BCUT2D eigenvalue weighted by atomic mass is 10.1. The predicted octanol–water partition coefficient (Wildman–Crippen LogP) is 4.65. The molecule has 0 radical (unpaired) electrons. The largest absolute Gasteiger partial charge is 0.341 e. The normalized spacial score (nSPS) is 11.2. The quantitative estimate of drug-likeness (QED) is 0.553. The SMILES string of the molecule is CC(=O)c1c(C)c2c(Cl)c(Cl)c(Cl)cc2n1C. The molecule has 0 N–H and O–H groups in total. The van der Waals surface area contributed by atoms with E-state index in [1.165, 1.54) is 6.92 Å². The van der Waals surface area contributed by atoms with Crippen LogP contribution in [0.15, 0.2) is 6.07 Å². The zero-order chi connectivity index (χ0) is 12.9. The number of ketones is 1. The molecule has 0 saturated heterocycles. The first-order valence-corrected chi connectivity index (χ1v) is 6.13. The molecule has 0 atom stereocenters. The minimum atomic E-state index is -0.00971. The van der Waals surface area contributed by atoms with E-state index in [-0.39, 0.29) is 5.78 Å². The van der Waals surface area contributed by atoms with Crippen LogP contribution < -0.4 is 0 Å². The highest BCUT2D eigenvalue weighted by molar-refractivity contribution is 6.50. The fourth-order valence-electron chi connectivity index (χ4n) is 2.19. The lowest BCUT2D eigenvalue weighted by Crippen LogP contribution is -2.02. The lowest BCUT2D eigenvalue weighted by Gasteiger charge is -2.03. The highest BCUT2D eigenvalue weighted by Gasteiger charge is 2.20. The van der Waals surface area contributed by atoms with Gasteiger partial charge in [-0.1, -0.05) is 34.8 Å². The van der Waals surface area contributed by atoms with Gasteiger partial charge in [0.25, 0.3) is 0 Å². The standard InChI is InChI=1S/C12H10Cl3NO/c1-5-9-8(16(3)12(5)6(2)17)4-7(13)10(14)11(9)15/h4H,1-3H3. The van der Waals surface area contributed by atoms with Crippen LogP contribution in [0.4, 0.5) is 0 Å². The summed E-state index contributed by atoms with van der Waals surface area (Å²) in [6.07, 6.45) is 0. The number of carbonyl (C=O) groups is 1. The minimum absolute atomic E-state index is 0.00971. The van der Waals surface area contributed by atoms with Gasteiger partial charge in [0.1, 0.15) is 0 Å². The van der Waals surface area contributed by atoms with Crippen LogP contribution in [0.1, 0.15) is 23.0 Å². The molecule has 0 saturated carbocycles. The van der Waals surface area contributed by atoms with Crippen molar-refractivity contribution < 1.29 is 4.79 Å². The van der Waals surface area contributed by atoms with Gasteiger partial charge in [-0.3, -0.25) is 4.79 Å². The van der Waals surface area contributed by atoms with Gasteiger partial charge in [-0.25, -0.2) is 0 Å². The third kappa shape index (κ3) is 1.75. The van der Waals surface area contributed by atoms with Crippen LogP contribution in [-0.4, -0.2) is 10.4 Å². The van der Waals surface area contributed by atoms with E-state index in [0.717, 1.165) is 16.5 Å². The van der Waals surface area contributed by atoms with Crippen molar-refractivity contribution in [1.82, 2.24) is 4.57 Å². The predicted molar refractivity (Wildman–Crippen MR) is 72.7 cm³/mol. The number of rotatable bonds is 1. The van der Waals surface area contributed by atoms with Gasteiger partial charge in [0.15, 0.2) is 5.78 Å². The topological polar surface area (TPSA) is 22.0 Å². The van der Waals surface area contributed by atoms with Gasteiger partial charge in [-0.05, 0) is 18.6 Å². The van der Waals surface area contributed by atoms with Crippen molar-refractivity contribution in [3.8, 4) is 0 Å². The number of nitrogens with zero attached hydrogens (tertiary/aromatic N) is 1. The number of fused-ring (bicyclic) bond motifs is 1. The van der Waals surface area contributed by atoms with Crippen LogP contribution in [0.3, 0.4) is 0 Å². The molecule has 0 aliphatic rings. The van der Waals surface area contributed by atoms with E-state index in [2.05, 4.69) is 0 Å². The molecule has 0 unspecified atom stereocenters. The summed E-state index contributed by atoms with van der Waals surface area (Å²) in [6, 6.07) is 1.73. The van der Waals surface area contributed by atoms with Crippen LogP contribution in [0.25, 0.3) is 10.9 Å². The van der Waals surface area contributed by atoms with Crippen molar-refractivity contribution in [2.24, 2.45) is 7.05 Å². The second-order valence-corrected chi connectivity index (χ2v) is 5.13. The Kier molecular flexibility index (Phi) is 3.15. The average molecular weight is 291 g/mol. The van der Waals surface area contributed by atoms with E-state index in [0.29, 0.717) is 20.8 Å². The smallest absolute Gasteiger partial charge is 0.176 e. The molecule has 0 spiro atoms. The average Bonchev–Trinajstić information content (AvgIpc) is 2.48. The molecule has 0 fully saturated rings. The highest BCUT2D eigenvalue weighted by atomic mass is 35.5. The maximum atomic E-state index is 11.6. The molecule has 1 aromatic carbocycles. The number of halogens is 3. The Labute approximate surface area is 114 Å². The Morgan fingerprint density at radius 1 is 1.24 bits per heavy atom. The first-order chi connectivity index (χ1) is 7.86. The summed E-state index contributed by atoms with van der Waals surface area (Å²) >= 11 is 18.2. The fraction of sp³-hybridized carbons (Fsp3) is 0.250. The van der Waals surface area contributed by atoms with Crippen molar-refractivity contribution in [2.75, 3.05) is 0 Å². The summed E-state index contributed by atoms with van der Waals surface area (Å²) in [4.78, 5) is 11.6. The van der Waals surface area contributed by atoms with E-state index < -0.39 is 0 Å². The van der Waals surface area contributed by atoms with Gasteiger partial charge in [0, 0.05) is 19.4 Å². The Morgan fingerprint density at radius 3 is 2.35 bits per heavy atom. The molecule has 0 aliphatic carbocycles. The molecule has 5 heteroatoms. The Morgan fingerprint density at radius 2 is 1.82 bits per heavy atom. The van der Waals surface area contributed by atoms with Crippen LogP contribution in [0.5, 0.6) is 0 Å². The van der Waals surface area contributed by atoms with Crippen molar-refractivity contribution in [1.29, 1.82) is 0 Å². The maximum absolute atomic E-state index is 11.6. The van der Waals surface area contributed by atoms with E-state index in [9.17, 15) is 4.79 Å². The van der Waals surface area contributed by atoms with Crippen molar-refractivity contribution >= 4 is 51.5 Å². The minimum Gasteiger partial charge on any atom is -0.341 e. The van der Waals surface area contributed by atoms with Crippen LogP contribution in [-0.2, 0) is 7.05 Å². The number of carbonyl (C=O) groups excluding carboxylic acids is 1. The zero-order valence-electron chi connectivity index (χ0n) is 9.57. The maximum Gasteiger partial charge on any atom is 0.176 e. The molecule has 2 rings (SSSR count). The molecule has 2 aromatic rings. The lowest BCUT2D eigenvalue weighted by molar-refractivity contribution is 0.101. The molecule has 0 amide bonds. The third-order valence-electron chi connectivity index (χ3n) is 2.90. The highest BCUT2D eigenvalue weighted by Crippen LogP contribution is 2.40. The third-order valence-corrected chi connectivity index (χ3v) is 4.16. The zero-order valence-corrected chi connectivity index (χ0v) is 11.8. The van der Waals surface area contributed by atoms with E-state index >= 15 is 0 Å². The van der Waals surface area contributed by atoms with Crippen molar-refractivity contribution in [3.05, 3.63) is 32.4 Å². The number of benzene rings is 1. The van der Waals surface area contributed by atoms with Gasteiger partial charge in [-0.2, -0.15) is 0 Å². The summed E-state index contributed by atoms with van der Waals surface area (Å²) in [5.41, 5.74) is 2.27. The summed E-state index contributed by atoms with van der Waals surface area (Å²) in [5, 5.41) is 1.90. The van der Waals surface area contributed by atoms with E-state index in [1.807, 2.05) is 14.0 Å². The number of aryl methyl sites for hydroxylation is 2. The van der Waals surface area contributed by atoms with Gasteiger partial charge in [0.2, 0.25) is 0 Å². The molecule has 17 heavy (non-hydrogen) atoms. The second kappa shape index (κ2) is 4.20. The first-order valence-electron chi connectivity index (χ1n) is 4.99.